The van der Waals surface area contributed by atoms with E-state index in [1.165, 1.54) is 12.1 Å². The summed E-state index contributed by atoms with van der Waals surface area (Å²) in [7, 11) is 2.01. The van der Waals surface area contributed by atoms with Crippen LogP contribution in [-0.2, 0) is 7.05 Å². The van der Waals surface area contributed by atoms with Crippen LogP contribution in [0.5, 0.6) is 0 Å². The highest BCUT2D eigenvalue weighted by Gasteiger charge is 2.14. The van der Waals surface area contributed by atoms with Gasteiger partial charge in [-0.15, -0.1) is 0 Å². The zero-order valence-corrected chi connectivity index (χ0v) is 11.5. The first-order valence-electron chi connectivity index (χ1n) is 6.01. The van der Waals surface area contributed by atoms with E-state index in [0.717, 1.165) is 17.5 Å². The largest absolute Gasteiger partial charge is 0.308 e. The number of aromatic nitrogens is 2. The Bertz CT molecular complexity index is 298. The SMILES string of the molecule is CCNC(CSC(C)CC)c1ccnn1C. The van der Waals surface area contributed by atoms with Gasteiger partial charge in [0.1, 0.15) is 0 Å². The van der Waals surface area contributed by atoms with Crippen molar-refractivity contribution < 1.29 is 0 Å². The minimum Gasteiger partial charge on any atom is -0.308 e. The standard InChI is InChI=1S/C12H23N3S/c1-5-10(3)16-9-11(13-6-2)12-7-8-14-15(12)4/h7-8,10-11,13H,5-6,9H2,1-4H3. The molecule has 0 aliphatic heterocycles. The lowest BCUT2D eigenvalue weighted by atomic mass is 10.2. The predicted octanol–water partition coefficient (Wildman–Crippen LogP) is 2.60. The van der Waals surface area contributed by atoms with Crippen molar-refractivity contribution in [3.05, 3.63) is 18.0 Å². The minimum absolute atomic E-state index is 0.413. The summed E-state index contributed by atoms with van der Waals surface area (Å²) in [5.41, 5.74) is 1.28. The quantitative estimate of drug-likeness (QED) is 0.796. The fourth-order valence-corrected chi connectivity index (χ4v) is 2.64. The first kappa shape index (κ1) is 13.6. The Kier molecular flexibility index (Phi) is 5.91. The predicted molar refractivity (Wildman–Crippen MR) is 71.8 cm³/mol. The number of hydrogen-bond acceptors (Lipinski definition) is 3. The molecule has 16 heavy (non-hydrogen) atoms. The zero-order valence-electron chi connectivity index (χ0n) is 10.7. The Labute approximate surface area is 103 Å². The molecule has 0 aliphatic carbocycles. The average molecular weight is 241 g/mol. The smallest absolute Gasteiger partial charge is 0.0583 e. The van der Waals surface area contributed by atoms with Crippen molar-refractivity contribution in [2.45, 2.75) is 38.5 Å². The van der Waals surface area contributed by atoms with Crippen molar-refractivity contribution in [3.8, 4) is 0 Å². The third-order valence-electron chi connectivity index (χ3n) is 2.79. The molecule has 2 unspecified atom stereocenters. The van der Waals surface area contributed by atoms with Crippen LogP contribution >= 0.6 is 11.8 Å². The molecular formula is C12H23N3S. The van der Waals surface area contributed by atoms with Crippen molar-refractivity contribution in [2.75, 3.05) is 12.3 Å². The summed E-state index contributed by atoms with van der Waals surface area (Å²) >= 11 is 2.03. The van der Waals surface area contributed by atoms with Gasteiger partial charge in [0.05, 0.1) is 11.7 Å². The monoisotopic (exact) mass is 241 g/mol. The Balaban J connectivity index is 2.58. The number of aryl methyl sites for hydroxylation is 1. The molecule has 0 saturated carbocycles. The molecule has 0 bridgehead atoms. The minimum atomic E-state index is 0.413. The van der Waals surface area contributed by atoms with Gasteiger partial charge in [0.15, 0.2) is 0 Å². The number of thioether (sulfide) groups is 1. The van der Waals surface area contributed by atoms with Gasteiger partial charge in [-0.1, -0.05) is 20.8 Å². The maximum atomic E-state index is 4.23. The molecule has 1 N–H and O–H groups in total. The summed E-state index contributed by atoms with van der Waals surface area (Å²) in [6.07, 6.45) is 3.10. The molecule has 4 heteroatoms. The molecule has 0 aliphatic rings. The van der Waals surface area contributed by atoms with Crippen LogP contribution in [0.2, 0.25) is 0 Å². The second kappa shape index (κ2) is 6.97. The van der Waals surface area contributed by atoms with Gasteiger partial charge in [-0.2, -0.15) is 16.9 Å². The maximum Gasteiger partial charge on any atom is 0.0583 e. The van der Waals surface area contributed by atoms with E-state index >= 15 is 0 Å². The van der Waals surface area contributed by atoms with Crippen molar-refractivity contribution in [1.29, 1.82) is 0 Å². The van der Waals surface area contributed by atoms with Crippen LogP contribution < -0.4 is 5.32 Å². The number of rotatable bonds is 7. The fraction of sp³-hybridized carbons (Fsp3) is 0.750. The van der Waals surface area contributed by atoms with Crippen LogP contribution in [0.1, 0.15) is 38.9 Å². The van der Waals surface area contributed by atoms with E-state index in [-0.39, 0.29) is 0 Å². The number of nitrogens with zero attached hydrogens (tertiary/aromatic N) is 2. The maximum absolute atomic E-state index is 4.23. The van der Waals surface area contributed by atoms with Gasteiger partial charge in [0.2, 0.25) is 0 Å². The Morgan fingerprint density at radius 1 is 1.50 bits per heavy atom. The Morgan fingerprint density at radius 2 is 2.25 bits per heavy atom. The van der Waals surface area contributed by atoms with Crippen LogP contribution in [-0.4, -0.2) is 27.3 Å². The second-order valence-electron chi connectivity index (χ2n) is 4.04. The highest BCUT2D eigenvalue weighted by Crippen LogP contribution is 2.22. The van der Waals surface area contributed by atoms with Gasteiger partial charge < -0.3 is 5.32 Å². The highest BCUT2D eigenvalue weighted by atomic mass is 32.2. The molecule has 0 aromatic carbocycles. The van der Waals surface area contributed by atoms with Crippen molar-refractivity contribution in [2.24, 2.45) is 7.05 Å². The van der Waals surface area contributed by atoms with Gasteiger partial charge in [0.25, 0.3) is 0 Å². The first-order chi connectivity index (χ1) is 7.69. The first-order valence-corrected chi connectivity index (χ1v) is 7.06. The molecule has 1 aromatic rings. The van der Waals surface area contributed by atoms with Gasteiger partial charge >= 0.3 is 0 Å². The van der Waals surface area contributed by atoms with Crippen LogP contribution in [0, 0.1) is 0 Å². The highest BCUT2D eigenvalue weighted by molar-refractivity contribution is 7.99. The van der Waals surface area contributed by atoms with E-state index in [1.807, 2.05) is 29.7 Å². The second-order valence-corrected chi connectivity index (χ2v) is 5.51. The lowest BCUT2D eigenvalue weighted by Crippen LogP contribution is -2.25. The molecule has 0 saturated heterocycles. The lowest BCUT2D eigenvalue weighted by molar-refractivity contribution is 0.552. The molecular weight excluding hydrogens is 218 g/mol. The third kappa shape index (κ3) is 3.83. The molecule has 92 valence electrons. The molecule has 1 aromatic heterocycles. The third-order valence-corrected chi connectivity index (χ3v) is 4.22. The molecule has 1 heterocycles. The summed E-state index contributed by atoms with van der Waals surface area (Å²) < 4.78 is 1.96. The van der Waals surface area contributed by atoms with Gasteiger partial charge in [0, 0.05) is 24.2 Å². The summed E-state index contributed by atoms with van der Waals surface area (Å²) in [5, 5.41) is 8.49. The van der Waals surface area contributed by atoms with Gasteiger partial charge in [-0.25, -0.2) is 0 Å². The van der Waals surface area contributed by atoms with Crippen LogP contribution in [0.3, 0.4) is 0 Å². The van der Waals surface area contributed by atoms with E-state index in [2.05, 4.69) is 37.3 Å². The Morgan fingerprint density at radius 3 is 2.75 bits per heavy atom. The molecule has 0 fully saturated rings. The molecule has 1 rings (SSSR count). The van der Waals surface area contributed by atoms with E-state index in [0.29, 0.717) is 6.04 Å². The summed E-state index contributed by atoms with van der Waals surface area (Å²) in [6.45, 7) is 7.68. The summed E-state index contributed by atoms with van der Waals surface area (Å²) in [5.74, 6) is 1.11. The zero-order chi connectivity index (χ0) is 12.0. The number of nitrogens with one attached hydrogen (secondary N) is 1. The summed E-state index contributed by atoms with van der Waals surface area (Å²) in [6, 6.07) is 2.52. The van der Waals surface area contributed by atoms with E-state index in [4.69, 9.17) is 0 Å². The normalized spacial score (nSPS) is 15.0. The van der Waals surface area contributed by atoms with Gasteiger partial charge in [-0.05, 0) is 19.0 Å². The van der Waals surface area contributed by atoms with E-state index in [1.54, 1.807) is 0 Å². The molecule has 2 atom stereocenters. The van der Waals surface area contributed by atoms with Crippen molar-refractivity contribution in [3.63, 3.8) is 0 Å². The molecule has 0 amide bonds. The topological polar surface area (TPSA) is 29.9 Å². The Hall–Kier alpha value is -0.480. The summed E-state index contributed by atoms with van der Waals surface area (Å²) in [4.78, 5) is 0. The van der Waals surface area contributed by atoms with E-state index < -0.39 is 0 Å². The fourth-order valence-electron chi connectivity index (χ4n) is 1.60. The molecule has 0 radical (unpaired) electrons. The van der Waals surface area contributed by atoms with Crippen molar-refractivity contribution >= 4 is 11.8 Å². The lowest BCUT2D eigenvalue weighted by Gasteiger charge is -2.19. The van der Waals surface area contributed by atoms with Crippen molar-refractivity contribution in [1.82, 2.24) is 15.1 Å². The van der Waals surface area contributed by atoms with E-state index in [9.17, 15) is 0 Å². The van der Waals surface area contributed by atoms with Crippen LogP contribution in [0.4, 0.5) is 0 Å². The van der Waals surface area contributed by atoms with Gasteiger partial charge in [-0.3, -0.25) is 4.68 Å². The van der Waals surface area contributed by atoms with Crippen LogP contribution in [0.15, 0.2) is 12.3 Å². The van der Waals surface area contributed by atoms with Crippen LogP contribution in [0.25, 0.3) is 0 Å². The molecule has 0 spiro atoms. The average Bonchev–Trinajstić information content (AvgIpc) is 2.70. The molecule has 3 nitrogen and oxygen atoms in total. The number of hydrogen-bond donors (Lipinski definition) is 1.